The van der Waals surface area contributed by atoms with Gasteiger partial charge in [-0.1, -0.05) is 25.0 Å². The number of carbonyl (C=O) groups excluding carboxylic acids is 2. The van der Waals surface area contributed by atoms with Crippen LogP contribution in [-0.4, -0.2) is 35.2 Å². The van der Waals surface area contributed by atoms with E-state index in [1.165, 1.54) is 0 Å². The lowest BCUT2D eigenvalue weighted by atomic mass is 10.1. The molecule has 102 valence electrons. The fourth-order valence-corrected chi connectivity index (χ4v) is 2.01. The molecule has 1 aromatic rings. The molecular weight excluding hydrogens is 246 g/mol. The largest absolute Gasteiger partial charge is 0.396 e. The molecule has 0 aliphatic carbocycles. The van der Waals surface area contributed by atoms with Crippen LogP contribution in [0, 0.1) is 0 Å². The van der Waals surface area contributed by atoms with Crippen molar-refractivity contribution in [1.29, 1.82) is 0 Å². The van der Waals surface area contributed by atoms with Gasteiger partial charge in [0.2, 0.25) is 0 Å². The second kappa shape index (κ2) is 6.45. The minimum absolute atomic E-state index is 0.194. The van der Waals surface area contributed by atoms with Crippen LogP contribution < -0.4 is 0 Å². The summed E-state index contributed by atoms with van der Waals surface area (Å²) in [6.07, 6.45) is 3.35. The average Bonchev–Trinajstić information content (AvgIpc) is 2.68. The van der Waals surface area contributed by atoms with E-state index < -0.39 is 11.8 Å². The van der Waals surface area contributed by atoms with Crippen LogP contribution in [0.5, 0.6) is 0 Å². The number of fused-ring (bicyclic) bond motifs is 1. The number of amides is 2. The van der Waals surface area contributed by atoms with E-state index in [0.717, 1.165) is 30.7 Å². The lowest BCUT2D eigenvalue weighted by molar-refractivity contribution is -0.0923. The number of hydrogen-bond donors (Lipinski definition) is 1. The van der Waals surface area contributed by atoms with E-state index in [-0.39, 0.29) is 6.61 Å². The molecule has 1 aliphatic rings. The maximum Gasteiger partial charge on any atom is 0.285 e. The monoisotopic (exact) mass is 263 g/mol. The Kier molecular flexibility index (Phi) is 4.65. The van der Waals surface area contributed by atoms with Gasteiger partial charge in [0.25, 0.3) is 11.8 Å². The molecule has 0 saturated heterocycles. The molecule has 1 N–H and O–H groups in total. The first-order valence-electron chi connectivity index (χ1n) is 6.47. The quantitative estimate of drug-likeness (QED) is 0.601. The topological polar surface area (TPSA) is 66.8 Å². The molecule has 1 heterocycles. The fourth-order valence-electron chi connectivity index (χ4n) is 2.01. The number of carbonyl (C=O) groups is 2. The number of hydroxylamine groups is 2. The van der Waals surface area contributed by atoms with Gasteiger partial charge in [0.15, 0.2) is 0 Å². The van der Waals surface area contributed by atoms with Crippen molar-refractivity contribution >= 4 is 11.8 Å². The Morgan fingerprint density at radius 2 is 1.53 bits per heavy atom. The molecule has 0 radical (unpaired) electrons. The first-order valence-corrected chi connectivity index (χ1v) is 6.47. The van der Waals surface area contributed by atoms with Crippen molar-refractivity contribution in [2.45, 2.75) is 25.7 Å². The molecule has 0 unspecified atom stereocenters. The molecule has 1 aromatic carbocycles. The van der Waals surface area contributed by atoms with Crippen LogP contribution in [-0.2, 0) is 4.84 Å². The lowest BCUT2D eigenvalue weighted by Crippen LogP contribution is -2.30. The van der Waals surface area contributed by atoms with Crippen LogP contribution in [0.15, 0.2) is 24.3 Å². The van der Waals surface area contributed by atoms with Crippen LogP contribution in [0.1, 0.15) is 46.4 Å². The van der Waals surface area contributed by atoms with Crippen molar-refractivity contribution in [1.82, 2.24) is 5.06 Å². The van der Waals surface area contributed by atoms with Crippen molar-refractivity contribution in [3.05, 3.63) is 35.4 Å². The normalized spacial score (nSPS) is 14.1. The Bertz CT molecular complexity index is 437. The lowest BCUT2D eigenvalue weighted by Gasteiger charge is -2.12. The van der Waals surface area contributed by atoms with Gasteiger partial charge in [-0.3, -0.25) is 14.4 Å². The molecule has 0 fully saturated rings. The fraction of sp³-hybridized carbons (Fsp3) is 0.429. The Balaban J connectivity index is 1.83. The molecule has 5 heteroatoms. The maximum atomic E-state index is 11.9. The molecule has 2 amide bonds. The molecule has 1 aliphatic heterocycles. The summed E-state index contributed by atoms with van der Waals surface area (Å²) in [5.41, 5.74) is 0.792. The van der Waals surface area contributed by atoms with Crippen LogP contribution >= 0.6 is 0 Å². The van der Waals surface area contributed by atoms with Crippen LogP contribution in [0.25, 0.3) is 0 Å². The second-order valence-corrected chi connectivity index (χ2v) is 4.42. The standard InChI is InChI=1S/C14H17NO4/c16-9-5-1-2-6-10-19-15-13(17)11-7-3-4-8-12(11)14(15)18/h3-4,7-8,16H,1-2,5-6,9-10H2. The zero-order valence-corrected chi connectivity index (χ0v) is 10.7. The van der Waals surface area contributed by atoms with Crippen LogP contribution in [0.4, 0.5) is 0 Å². The van der Waals surface area contributed by atoms with Crippen molar-refractivity contribution < 1.29 is 19.5 Å². The zero-order valence-electron chi connectivity index (χ0n) is 10.7. The Morgan fingerprint density at radius 1 is 0.947 bits per heavy atom. The predicted molar refractivity (Wildman–Crippen MR) is 68.4 cm³/mol. The first-order chi connectivity index (χ1) is 9.25. The van der Waals surface area contributed by atoms with E-state index in [2.05, 4.69) is 0 Å². The Morgan fingerprint density at radius 3 is 2.11 bits per heavy atom. The molecule has 0 spiro atoms. The van der Waals surface area contributed by atoms with Crippen molar-refractivity contribution in [2.75, 3.05) is 13.2 Å². The van der Waals surface area contributed by atoms with E-state index in [4.69, 9.17) is 9.94 Å². The van der Waals surface area contributed by atoms with Gasteiger partial charge < -0.3 is 5.11 Å². The Hall–Kier alpha value is -1.72. The summed E-state index contributed by atoms with van der Waals surface area (Å²) in [4.78, 5) is 29.1. The molecule has 0 atom stereocenters. The zero-order chi connectivity index (χ0) is 13.7. The van der Waals surface area contributed by atoms with E-state index >= 15 is 0 Å². The molecule has 19 heavy (non-hydrogen) atoms. The molecule has 0 bridgehead atoms. The number of nitrogens with zero attached hydrogens (tertiary/aromatic N) is 1. The van der Waals surface area contributed by atoms with Gasteiger partial charge in [0.05, 0.1) is 17.7 Å². The third-order valence-electron chi connectivity index (χ3n) is 3.03. The van der Waals surface area contributed by atoms with E-state index in [0.29, 0.717) is 17.7 Å². The second-order valence-electron chi connectivity index (χ2n) is 4.42. The van der Waals surface area contributed by atoms with Gasteiger partial charge in [-0.2, -0.15) is 0 Å². The van der Waals surface area contributed by atoms with Gasteiger partial charge in [-0.15, -0.1) is 5.06 Å². The van der Waals surface area contributed by atoms with Gasteiger partial charge in [0.1, 0.15) is 0 Å². The summed E-state index contributed by atoms with van der Waals surface area (Å²) in [6.45, 7) is 0.524. The summed E-state index contributed by atoms with van der Waals surface area (Å²) in [7, 11) is 0. The highest BCUT2D eigenvalue weighted by Crippen LogP contribution is 2.22. The SMILES string of the molecule is O=C1c2ccccc2C(=O)N1OCCCCCCO. The number of imide groups is 1. The summed E-state index contributed by atoms with van der Waals surface area (Å²) >= 11 is 0. The minimum atomic E-state index is -0.393. The van der Waals surface area contributed by atoms with E-state index in [1.807, 2.05) is 0 Å². The predicted octanol–water partition coefficient (Wildman–Crippen LogP) is 1.77. The van der Waals surface area contributed by atoms with Crippen molar-refractivity contribution in [2.24, 2.45) is 0 Å². The average molecular weight is 263 g/mol. The summed E-state index contributed by atoms with van der Waals surface area (Å²) in [5, 5.41) is 9.48. The van der Waals surface area contributed by atoms with Gasteiger partial charge >= 0.3 is 0 Å². The highest BCUT2D eigenvalue weighted by atomic mass is 16.7. The number of unbranched alkanes of at least 4 members (excludes halogenated alkanes) is 3. The van der Waals surface area contributed by atoms with Gasteiger partial charge in [0, 0.05) is 6.61 Å². The third-order valence-corrected chi connectivity index (χ3v) is 3.03. The number of rotatable bonds is 7. The molecular formula is C14H17NO4. The van der Waals surface area contributed by atoms with Crippen LogP contribution in [0.2, 0.25) is 0 Å². The van der Waals surface area contributed by atoms with E-state index in [1.54, 1.807) is 24.3 Å². The molecule has 2 rings (SSSR count). The first kappa shape index (κ1) is 13.7. The summed E-state index contributed by atoms with van der Waals surface area (Å²) < 4.78 is 0. The van der Waals surface area contributed by atoms with Gasteiger partial charge in [-0.05, 0) is 25.0 Å². The number of aliphatic hydroxyl groups excluding tert-OH is 1. The summed E-state index contributed by atoms with van der Waals surface area (Å²) in [6, 6.07) is 6.70. The smallest absolute Gasteiger partial charge is 0.285 e. The highest BCUT2D eigenvalue weighted by molar-refractivity contribution is 6.20. The van der Waals surface area contributed by atoms with Crippen molar-refractivity contribution in [3.8, 4) is 0 Å². The van der Waals surface area contributed by atoms with Crippen LogP contribution in [0.3, 0.4) is 0 Å². The third kappa shape index (κ3) is 3.00. The van der Waals surface area contributed by atoms with E-state index in [9.17, 15) is 9.59 Å². The highest BCUT2D eigenvalue weighted by Gasteiger charge is 2.36. The minimum Gasteiger partial charge on any atom is -0.396 e. The molecule has 0 saturated carbocycles. The number of hydrogen-bond acceptors (Lipinski definition) is 4. The van der Waals surface area contributed by atoms with Gasteiger partial charge in [-0.25, -0.2) is 0 Å². The Labute approximate surface area is 111 Å². The maximum absolute atomic E-state index is 11.9. The molecule has 0 aromatic heterocycles. The molecule has 5 nitrogen and oxygen atoms in total. The number of aliphatic hydroxyl groups is 1. The number of benzene rings is 1. The van der Waals surface area contributed by atoms with Crippen molar-refractivity contribution in [3.63, 3.8) is 0 Å². The summed E-state index contributed by atoms with van der Waals surface area (Å²) in [5.74, 6) is -0.785.